The number of aromatic nitrogens is 1. The first-order valence-electron chi connectivity index (χ1n) is 23.1. The van der Waals surface area contributed by atoms with Crippen LogP contribution in [0, 0.1) is 11.8 Å². The lowest BCUT2D eigenvalue weighted by atomic mass is 9.57. The molecule has 4 aliphatic heterocycles. The van der Waals surface area contributed by atoms with Crippen molar-refractivity contribution >= 4 is 16.6 Å². The molecule has 1 aliphatic carbocycles. The summed E-state index contributed by atoms with van der Waals surface area (Å²) in [6, 6.07) is 26.9. The van der Waals surface area contributed by atoms with Crippen LogP contribution in [0.5, 0.6) is 17.2 Å². The van der Waals surface area contributed by atoms with Crippen LogP contribution >= 0.6 is 0 Å². The van der Waals surface area contributed by atoms with Gasteiger partial charge in [-0.15, -0.1) is 0 Å². The third kappa shape index (κ3) is 8.16. The van der Waals surface area contributed by atoms with Gasteiger partial charge < -0.3 is 45.1 Å². The van der Waals surface area contributed by atoms with Crippen molar-refractivity contribution < 1.29 is 29.5 Å². The molecule has 4 aromatic carbocycles. The van der Waals surface area contributed by atoms with Crippen molar-refractivity contribution in [3.05, 3.63) is 142 Å². The van der Waals surface area contributed by atoms with E-state index in [-0.39, 0.29) is 36.1 Å². The fourth-order valence-electron chi connectivity index (χ4n) is 11.4. The van der Waals surface area contributed by atoms with Crippen LogP contribution in [0.15, 0.2) is 109 Å². The summed E-state index contributed by atoms with van der Waals surface area (Å²) in [7, 11) is 0. The van der Waals surface area contributed by atoms with Gasteiger partial charge in [0, 0.05) is 40.8 Å². The standard InChI is InChI=1S/C53H61N3O6/c54-51-23-20-44-48-22-15-37(8-3-1-2-6-34-10-17-42(57)18-11-34)49(62-48)29-43(58)19-12-35-13-21-47(59)50(26-35)61-32-39-28-41(27-38-30-56(31-45(38)39)52(44)55-51)53-24-25-60-33-40(53)16-14-36-7-4-5-9-46(36)53/h4-5,7,9-11,13,17-18,20-21,23,26-28,30-31,37,40,43,48-49,51,55,57-59H,1-3,6,8,12,14-16,19,22,24-25,29,32-33,54H2. The quantitative estimate of drug-likeness (QED) is 0.103. The number of aliphatic hydroxyl groups excluding tert-OH is 1. The summed E-state index contributed by atoms with van der Waals surface area (Å²) in [5.74, 6) is 2.46. The summed E-state index contributed by atoms with van der Waals surface area (Å²) in [5, 5.41) is 38.2. The molecular formula is C53H61N3O6. The SMILES string of the molecule is NC1C=CC2=C(N1)n1cc3cc(C45CCOCC4CCc4ccccc45)cc(c3c1)COc1cc(ccc1O)CCC(O)CC1OC2CCC1CCCCCc1ccc(O)cc1. The van der Waals surface area contributed by atoms with Crippen molar-refractivity contribution in [1.82, 2.24) is 9.88 Å². The highest BCUT2D eigenvalue weighted by atomic mass is 16.5. The summed E-state index contributed by atoms with van der Waals surface area (Å²) in [6.45, 7) is 1.72. The molecule has 6 bridgehead atoms. The first kappa shape index (κ1) is 41.0. The van der Waals surface area contributed by atoms with Gasteiger partial charge in [0.05, 0.1) is 31.1 Å². The summed E-state index contributed by atoms with van der Waals surface area (Å²) in [5.41, 5.74) is 14.9. The average molecular weight is 836 g/mol. The number of phenols is 2. The summed E-state index contributed by atoms with van der Waals surface area (Å²) >= 11 is 0. The Hall–Kier alpha value is -5.06. The van der Waals surface area contributed by atoms with Gasteiger partial charge in [0.1, 0.15) is 18.2 Å². The van der Waals surface area contributed by atoms with Crippen LogP contribution < -0.4 is 15.8 Å². The number of rotatable bonds is 7. The van der Waals surface area contributed by atoms with E-state index in [0.717, 1.165) is 104 Å². The predicted octanol–water partition coefficient (Wildman–Crippen LogP) is 9.18. The highest BCUT2D eigenvalue weighted by Crippen LogP contribution is 2.52. The topological polar surface area (TPSA) is 131 Å². The van der Waals surface area contributed by atoms with Gasteiger partial charge in [0.15, 0.2) is 11.5 Å². The van der Waals surface area contributed by atoms with E-state index in [4.69, 9.17) is 19.9 Å². The Morgan fingerprint density at radius 1 is 0.871 bits per heavy atom. The highest BCUT2D eigenvalue weighted by Gasteiger charge is 2.47. The number of benzene rings is 4. The first-order chi connectivity index (χ1) is 30.3. The third-order valence-corrected chi connectivity index (χ3v) is 14.8. The molecule has 0 spiro atoms. The monoisotopic (exact) mass is 835 g/mol. The molecule has 62 heavy (non-hydrogen) atoms. The van der Waals surface area contributed by atoms with Crippen molar-refractivity contribution in [1.29, 1.82) is 0 Å². The molecule has 7 unspecified atom stereocenters. The third-order valence-electron chi connectivity index (χ3n) is 14.8. The van der Waals surface area contributed by atoms with Crippen LogP contribution in [0.25, 0.3) is 16.6 Å². The molecule has 10 rings (SSSR count). The van der Waals surface area contributed by atoms with E-state index >= 15 is 0 Å². The van der Waals surface area contributed by atoms with Crippen LogP contribution in [-0.2, 0) is 40.8 Å². The van der Waals surface area contributed by atoms with E-state index in [9.17, 15) is 15.3 Å². The summed E-state index contributed by atoms with van der Waals surface area (Å²) in [4.78, 5) is 0. The normalized spacial score (nSPS) is 27.3. The molecule has 2 saturated heterocycles. The van der Waals surface area contributed by atoms with E-state index in [2.05, 4.69) is 64.8 Å². The summed E-state index contributed by atoms with van der Waals surface area (Å²) in [6.07, 6.45) is 19.5. The molecule has 0 saturated carbocycles. The number of ether oxygens (including phenoxy) is 3. The average Bonchev–Trinajstić information content (AvgIpc) is 3.73. The molecule has 7 atom stereocenters. The number of hydrogen-bond acceptors (Lipinski definition) is 8. The Balaban J connectivity index is 1.02. The zero-order valence-electron chi connectivity index (χ0n) is 35.7. The van der Waals surface area contributed by atoms with E-state index in [1.807, 2.05) is 30.3 Å². The van der Waals surface area contributed by atoms with Gasteiger partial charge in [-0.1, -0.05) is 67.4 Å². The minimum atomic E-state index is -0.546. The molecule has 1 aromatic heterocycles. The van der Waals surface area contributed by atoms with Crippen molar-refractivity contribution in [2.75, 3.05) is 13.2 Å². The Bertz CT molecular complexity index is 2460. The van der Waals surface area contributed by atoms with Crippen LogP contribution in [-0.4, -0.2) is 57.6 Å². The molecular weight excluding hydrogens is 775 g/mol. The van der Waals surface area contributed by atoms with Gasteiger partial charge >= 0.3 is 0 Å². The molecule has 5 aliphatic rings. The van der Waals surface area contributed by atoms with E-state index < -0.39 is 6.10 Å². The van der Waals surface area contributed by atoms with Crippen molar-refractivity contribution in [2.24, 2.45) is 17.6 Å². The van der Waals surface area contributed by atoms with Crippen molar-refractivity contribution in [2.45, 2.75) is 120 Å². The van der Waals surface area contributed by atoms with Crippen LogP contribution in [0.2, 0.25) is 0 Å². The molecule has 324 valence electrons. The lowest BCUT2D eigenvalue weighted by molar-refractivity contribution is -0.0874. The zero-order chi connectivity index (χ0) is 42.2. The Labute approximate surface area is 365 Å². The van der Waals surface area contributed by atoms with Crippen LogP contribution in [0.3, 0.4) is 0 Å². The fraction of sp³-hybridized carbons (Fsp3) is 0.434. The Morgan fingerprint density at radius 3 is 2.66 bits per heavy atom. The second kappa shape index (κ2) is 17.6. The number of aryl methyl sites for hydroxylation is 3. The minimum Gasteiger partial charge on any atom is -0.508 e. The maximum atomic E-state index is 11.6. The number of nitrogens with one attached hydrogen (secondary N) is 1. The number of phenolic OH excluding ortho intramolecular Hbond substituents is 2. The predicted molar refractivity (Wildman–Crippen MR) is 243 cm³/mol. The van der Waals surface area contributed by atoms with Crippen molar-refractivity contribution in [3.8, 4) is 17.2 Å². The molecule has 5 aromatic rings. The highest BCUT2D eigenvalue weighted by molar-refractivity contribution is 5.88. The first-order valence-corrected chi connectivity index (χ1v) is 23.1. The van der Waals surface area contributed by atoms with E-state index in [0.29, 0.717) is 49.2 Å². The second-order valence-corrected chi connectivity index (χ2v) is 18.6. The van der Waals surface area contributed by atoms with Crippen molar-refractivity contribution in [3.63, 3.8) is 0 Å². The van der Waals surface area contributed by atoms with Gasteiger partial charge in [-0.2, -0.15) is 0 Å². The number of unbranched alkanes of at least 4 members (excludes halogenated alkanes) is 2. The molecule has 2 fully saturated rings. The smallest absolute Gasteiger partial charge is 0.161 e. The zero-order valence-corrected chi connectivity index (χ0v) is 35.7. The van der Waals surface area contributed by atoms with Gasteiger partial charge in [0.25, 0.3) is 0 Å². The Morgan fingerprint density at radius 2 is 1.76 bits per heavy atom. The number of dihydropyridines is 1. The van der Waals surface area contributed by atoms with Gasteiger partial charge in [-0.3, -0.25) is 0 Å². The number of hydrogen-bond donors (Lipinski definition) is 5. The number of fused-ring (bicyclic) bond motifs is 10. The lowest BCUT2D eigenvalue weighted by Crippen LogP contribution is -2.47. The summed E-state index contributed by atoms with van der Waals surface area (Å²) < 4.78 is 22.1. The number of nitrogens with two attached hydrogens (primary N) is 1. The number of aliphatic hydroxyl groups is 1. The van der Waals surface area contributed by atoms with E-state index in [1.165, 1.54) is 22.3 Å². The van der Waals surface area contributed by atoms with Crippen LogP contribution in [0.1, 0.15) is 97.6 Å². The second-order valence-electron chi connectivity index (χ2n) is 18.6. The minimum absolute atomic E-state index is 0.0980. The van der Waals surface area contributed by atoms with Gasteiger partial charge in [0.2, 0.25) is 0 Å². The molecule has 5 heterocycles. The molecule has 0 radical (unpaired) electrons. The Kier molecular flexibility index (Phi) is 11.6. The van der Waals surface area contributed by atoms with E-state index in [1.54, 1.807) is 18.2 Å². The molecule has 9 heteroatoms. The molecule has 6 N–H and O–H groups in total. The maximum absolute atomic E-state index is 11.6. The van der Waals surface area contributed by atoms with Gasteiger partial charge in [-0.25, -0.2) is 0 Å². The maximum Gasteiger partial charge on any atom is 0.161 e. The number of nitrogens with zero attached hydrogens (tertiary/aromatic N) is 1. The molecule has 9 nitrogen and oxygen atoms in total. The molecule has 0 amide bonds. The fourth-order valence-corrected chi connectivity index (χ4v) is 11.4. The largest absolute Gasteiger partial charge is 0.508 e. The lowest BCUT2D eigenvalue weighted by Gasteiger charge is -2.49. The van der Waals surface area contributed by atoms with Crippen LogP contribution in [0.4, 0.5) is 0 Å². The number of aromatic hydroxyl groups is 2. The van der Waals surface area contributed by atoms with Gasteiger partial charge in [-0.05, 0) is 152 Å².